The van der Waals surface area contributed by atoms with Gasteiger partial charge in [0.15, 0.2) is 18.1 Å². The van der Waals surface area contributed by atoms with Gasteiger partial charge in [-0.2, -0.15) is 0 Å². The molecule has 7 nitrogen and oxygen atoms in total. The maximum absolute atomic E-state index is 12.1. The zero-order valence-corrected chi connectivity index (χ0v) is 16.7. The Balaban J connectivity index is 1.45. The number of carbonyl (C=O) groups is 1. The Morgan fingerprint density at radius 1 is 1.03 bits per heavy atom. The van der Waals surface area contributed by atoms with Gasteiger partial charge in [0.05, 0.1) is 25.5 Å². The Kier molecular flexibility index (Phi) is 7.14. The summed E-state index contributed by atoms with van der Waals surface area (Å²) >= 11 is 1.32. The summed E-state index contributed by atoms with van der Waals surface area (Å²) in [5, 5.41) is 8.42. The predicted molar refractivity (Wildman–Crippen MR) is 108 cm³/mol. The van der Waals surface area contributed by atoms with Crippen LogP contribution in [0.15, 0.2) is 58.2 Å². The topological polar surface area (TPSA) is 83.7 Å². The molecule has 0 unspecified atom stereocenters. The molecule has 0 aliphatic carbocycles. The number of ether oxygens (including phenoxy) is 3. The fourth-order valence-electron chi connectivity index (χ4n) is 2.31. The summed E-state index contributed by atoms with van der Waals surface area (Å²) in [4.78, 5) is 12.1. The predicted octanol–water partition coefficient (Wildman–Crippen LogP) is 3.71. The molecule has 0 fully saturated rings. The second kappa shape index (κ2) is 10.2. The SMILES string of the molecule is COc1ccc(C(=O)OCC#CCSc2nnc(-c3ccccc3)o2)cc1OC. The molecular formula is C21H18N2O5S. The summed E-state index contributed by atoms with van der Waals surface area (Å²) in [6.45, 7) is -0.0210. The van der Waals surface area contributed by atoms with E-state index in [1.165, 1.54) is 26.0 Å². The maximum Gasteiger partial charge on any atom is 0.339 e. The van der Waals surface area contributed by atoms with Gasteiger partial charge in [-0.3, -0.25) is 0 Å². The molecule has 3 aromatic rings. The number of rotatable bonds is 7. The van der Waals surface area contributed by atoms with Crippen molar-refractivity contribution in [3.63, 3.8) is 0 Å². The van der Waals surface area contributed by atoms with Crippen molar-refractivity contribution in [3.8, 4) is 34.8 Å². The van der Waals surface area contributed by atoms with E-state index in [4.69, 9.17) is 18.6 Å². The first-order chi connectivity index (χ1) is 14.2. The van der Waals surface area contributed by atoms with Crippen molar-refractivity contribution in [2.75, 3.05) is 26.6 Å². The Hall–Kier alpha value is -3.44. The molecule has 0 spiro atoms. The minimum absolute atomic E-state index is 0.0210. The maximum atomic E-state index is 12.1. The molecule has 8 heteroatoms. The third-order valence-electron chi connectivity index (χ3n) is 3.71. The standard InChI is InChI=1S/C21H18N2O5S/c1-25-17-11-10-16(14-18(17)26-2)20(24)27-12-6-7-13-29-21-23-22-19(28-21)15-8-4-3-5-9-15/h3-5,8-11,14H,12-13H2,1-2H3. The van der Waals surface area contributed by atoms with Gasteiger partial charge in [0.25, 0.3) is 5.22 Å². The van der Waals surface area contributed by atoms with E-state index in [1.54, 1.807) is 18.2 Å². The van der Waals surface area contributed by atoms with Crippen LogP contribution in [0.5, 0.6) is 11.5 Å². The molecule has 0 aliphatic heterocycles. The lowest BCUT2D eigenvalue weighted by Gasteiger charge is -2.08. The summed E-state index contributed by atoms with van der Waals surface area (Å²) in [5.74, 6) is 7.09. The molecule has 0 N–H and O–H groups in total. The fraction of sp³-hybridized carbons (Fsp3) is 0.190. The lowest BCUT2D eigenvalue weighted by molar-refractivity contribution is 0.0556. The van der Waals surface area contributed by atoms with Crippen LogP contribution in [0.25, 0.3) is 11.5 Å². The third kappa shape index (κ3) is 5.53. The highest BCUT2D eigenvalue weighted by Gasteiger charge is 2.11. The molecule has 29 heavy (non-hydrogen) atoms. The van der Waals surface area contributed by atoms with E-state index in [1.807, 2.05) is 30.3 Å². The van der Waals surface area contributed by atoms with Gasteiger partial charge >= 0.3 is 5.97 Å². The van der Waals surface area contributed by atoms with Crippen LogP contribution in [0, 0.1) is 11.8 Å². The molecule has 0 saturated heterocycles. The monoisotopic (exact) mass is 410 g/mol. The molecular weight excluding hydrogens is 392 g/mol. The van der Waals surface area contributed by atoms with Gasteiger partial charge < -0.3 is 18.6 Å². The lowest BCUT2D eigenvalue weighted by atomic mass is 10.2. The number of methoxy groups -OCH3 is 2. The summed E-state index contributed by atoms with van der Waals surface area (Å²) in [6, 6.07) is 14.3. The van der Waals surface area contributed by atoms with E-state index in [0.717, 1.165) is 5.56 Å². The summed E-state index contributed by atoms with van der Waals surface area (Å²) < 4.78 is 21.0. The Morgan fingerprint density at radius 2 is 1.83 bits per heavy atom. The van der Waals surface area contributed by atoms with Crippen molar-refractivity contribution in [2.24, 2.45) is 0 Å². The average Bonchev–Trinajstić information content (AvgIpc) is 3.25. The lowest BCUT2D eigenvalue weighted by Crippen LogP contribution is -2.06. The van der Waals surface area contributed by atoms with Crippen molar-refractivity contribution >= 4 is 17.7 Å². The third-order valence-corrected chi connectivity index (χ3v) is 4.42. The van der Waals surface area contributed by atoms with Crippen molar-refractivity contribution in [3.05, 3.63) is 54.1 Å². The van der Waals surface area contributed by atoms with E-state index in [2.05, 4.69) is 22.0 Å². The highest BCUT2D eigenvalue weighted by atomic mass is 32.2. The first kappa shape index (κ1) is 20.3. The minimum Gasteiger partial charge on any atom is -0.493 e. The largest absolute Gasteiger partial charge is 0.493 e. The fourth-order valence-corrected chi connectivity index (χ4v) is 2.85. The van der Waals surface area contributed by atoms with Crippen LogP contribution in [0.4, 0.5) is 0 Å². The number of nitrogens with zero attached hydrogens (tertiary/aromatic N) is 2. The molecule has 3 rings (SSSR count). The second-order valence-corrected chi connectivity index (χ2v) is 6.45. The van der Waals surface area contributed by atoms with E-state index >= 15 is 0 Å². The highest BCUT2D eigenvalue weighted by Crippen LogP contribution is 2.27. The molecule has 1 aromatic heterocycles. The van der Waals surface area contributed by atoms with E-state index < -0.39 is 5.97 Å². The summed E-state index contributed by atoms with van der Waals surface area (Å²) in [6.07, 6.45) is 0. The zero-order valence-electron chi connectivity index (χ0n) is 15.9. The molecule has 0 amide bonds. The second-order valence-electron chi connectivity index (χ2n) is 5.53. The van der Waals surface area contributed by atoms with Crippen LogP contribution < -0.4 is 9.47 Å². The molecule has 0 aliphatic rings. The number of carbonyl (C=O) groups excluding carboxylic acids is 1. The first-order valence-corrected chi connectivity index (χ1v) is 9.56. The van der Waals surface area contributed by atoms with Gasteiger partial charge in [0, 0.05) is 5.56 Å². The van der Waals surface area contributed by atoms with E-state index in [-0.39, 0.29) is 6.61 Å². The zero-order chi connectivity index (χ0) is 20.5. The van der Waals surface area contributed by atoms with E-state index in [0.29, 0.717) is 33.9 Å². The molecule has 0 atom stereocenters. The van der Waals surface area contributed by atoms with Crippen LogP contribution in [0.2, 0.25) is 0 Å². The van der Waals surface area contributed by atoms with Crippen LogP contribution >= 0.6 is 11.8 Å². The number of hydrogen-bond acceptors (Lipinski definition) is 8. The average molecular weight is 410 g/mol. The number of esters is 1. The van der Waals surface area contributed by atoms with Gasteiger partial charge in [-0.25, -0.2) is 4.79 Å². The van der Waals surface area contributed by atoms with Gasteiger partial charge in [-0.1, -0.05) is 41.8 Å². The molecule has 1 heterocycles. The van der Waals surface area contributed by atoms with Crippen molar-refractivity contribution in [2.45, 2.75) is 5.22 Å². The molecule has 148 valence electrons. The Morgan fingerprint density at radius 3 is 2.59 bits per heavy atom. The van der Waals surface area contributed by atoms with Gasteiger partial charge in [-0.05, 0) is 30.3 Å². The Bertz CT molecular complexity index is 1020. The van der Waals surface area contributed by atoms with Crippen molar-refractivity contribution in [1.29, 1.82) is 0 Å². The Labute approximate surface area is 172 Å². The quantitative estimate of drug-likeness (QED) is 0.331. The van der Waals surface area contributed by atoms with Crippen LogP contribution in [0.1, 0.15) is 10.4 Å². The molecule has 2 aromatic carbocycles. The van der Waals surface area contributed by atoms with Gasteiger partial charge in [0.2, 0.25) is 5.89 Å². The van der Waals surface area contributed by atoms with Crippen LogP contribution in [-0.4, -0.2) is 42.7 Å². The molecule has 0 radical (unpaired) electrons. The van der Waals surface area contributed by atoms with E-state index in [9.17, 15) is 4.79 Å². The smallest absolute Gasteiger partial charge is 0.339 e. The van der Waals surface area contributed by atoms with Crippen LogP contribution in [0.3, 0.4) is 0 Å². The first-order valence-electron chi connectivity index (χ1n) is 8.58. The van der Waals surface area contributed by atoms with Gasteiger partial charge in [0.1, 0.15) is 0 Å². The highest BCUT2D eigenvalue weighted by molar-refractivity contribution is 7.99. The van der Waals surface area contributed by atoms with Crippen molar-refractivity contribution in [1.82, 2.24) is 10.2 Å². The number of benzene rings is 2. The van der Waals surface area contributed by atoms with Crippen molar-refractivity contribution < 1.29 is 23.4 Å². The summed E-state index contributed by atoms with van der Waals surface area (Å²) in [7, 11) is 3.03. The number of aromatic nitrogens is 2. The summed E-state index contributed by atoms with van der Waals surface area (Å²) in [5.41, 5.74) is 1.22. The molecule has 0 saturated carbocycles. The normalized spacial score (nSPS) is 10.0. The minimum atomic E-state index is -0.489. The van der Waals surface area contributed by atoms with Gasteiger partial charge in [-0.15, -0.1) is 10.2 Å². The number of hydrogen-bond donors (Lipinski definition) is 0. The molecule has 0 bridgehead atoms. The number of thioether (sulfide) groups is 1. The van der Waals surface area contributed by atoms with Crippen LogP contribution in [-0.2, 0) is 4.74 Å².